The van der Waals surface area contributed by atoms with Crippen molar-refractivity contribution in [1.82, 2.24) is 0 Å². The Bertz CT molecular complexity index is 990. The highest BCUT2D eigenvalue weighted by molar-refractivity contribution is 5.68. The van der Waals surface area contributed by atoms with Crippen molar-refractivity contribution in [1.29, 1.82) is 0 Å². The van der Waals surface area contributed by atoms with Crippen LogP contribution in [0.1, 0.15) is 61.1 Å². The molecule has 0 saturated heterocycles. The van der Waals surface area contributed by atoms with Gasteiger partial charge in [-0.2, -0.15) is 13.2 Å². The van der Waals surface area contributed by atoms with Crippen LogP contribution in [0.25, 0.3) is 11.1 Å². The minimum absolute atomic E-state index is 0.0890. The van der Waals surface area contributed by atoms with Gasteiger partial charge in [0.2, 0.25) is 0 Å². The second-order valence-electron chi connectivity index (χ2n) is 8.76. The van der Waals surface area contributed by atoms with Crippen LogP contribution < -0.4 is 0 Å². The summed E-state index contributed by atoms with van der Waals surface area (Å²) in [5.74, 6) is -2.11. The molecule has 1 saturated carbocycles. The van der Waals surface area contributed by atoms with Crippen molar-refractivity contribution in [3.05, 3.63) is 71.1 Å². The van der Waals surface area contributed by atoms with Crippen molar-refractivity contribution in [3.63, 3.8) is 0 Å². The van der Waals surface area contributed by atoms with Gasteiger partial charge in [-0.25, -0.2) is 13.2 Å². The molecular formula is C25H24F6. The first-order valence-electron chi connectivity index (χ1n) is 10.7. The molecule has 0 N–H and O–H groups in total. The predicted molar refractivity (Wildman–Crippen MR) is 108 cm³/mol. The van der Waals surface area contributed by atoms with Crippen molar-refractivity contribution in [2.45, 2.75) is 57.0 Å². The van der Waals surface area contributed by atoms with Crippen LogP contribution in [0, 0.1) is 29.3 Å². The number of allylic oxidation sites excluding steroid dienone is 1. The Balaban J connectivity index is 1.67. The highest BCUT2D eigenvalue weighted by Gasteiger charge is 2.38. The lowest BCUT2D eigenvalue weighted by molar-refractivity contribution is -0.139. The summed E-state index contributed by atoms with van der Waals surface area (Å²) in [4.78, 5) is 0. The molecule has 3 atom stereocenters. The zero-order valence-electron chi connectivity index (χ0n) is 17.0. The summed E-state index contributed by atoms with van der Waals surface area (Å²) in [6, 6.07) is 3.34. The van der Waals surface area contributed by atoms with E-state index in [2.05, 4.69) is 6.58 Å². The highest BCUT2D eigenvalue weighted by atomic mass is 19.4. The maximum Gasteiger partial charge on any atom is 0.419 e. The van der Waals surface area contributed by atoms with Crippen molar-refractivity contribution >= 4 is 0 Å². The average Bonchev–Trinajstić information content (AvgIpc) is 2.71. The number of benzene rings is 2. The van der Waals surface area contributed by atoms with Crippen LogP contribution in [-0.2, 0) is 12.6 Å². The molecule has 0 heterocycles. The molecule has 0 spiro atoms. The number of alkyl halides is 3. The molecule has 0 aliphatic heterocycles. The smallest absolute Gasteiger partial charge is 0.206 e. The van der Waals surface area contributed by atoms with E-state index in [9.17, 15) is 22.0 Å². The first-order valence-corrected chi connectivity index (χ1v) is 10.7. The number of hydrogen-bond donors (Lipinski definition) is 0. The summed E-state index contributed by atoms with van der Waals surface area (Å²) < 4.78 is 82.9. The van der Waals surface area contributed by atoms with Crippen LogP contribution >= 0.6 is 0 Å². The van der Waals surface area contributed by atoms with Gasteiger partial charge in [0.25, 0.3) is 0 Å². The molecule has 2 aliphatic rings. The Morgan fingerprint density at radius 2 is 1.77 bits per heavy atom. The Morgan fingerprint density at radius 1 is 1.00 bits per heavy atom. The predicted octanol–water partition coefficient (Wildman–Crippen LogP) is 8.20. The normalized spacial score (nSPS) is 23.2. The molecule has 2 aromatic carbocycles. The fraction of sp³-hybridized carbons (Fsp3) is 0.440. The van der Waals surface area contributed by atoms with Crippen LogP contribution in [0.15, 0.2) is 36.9 Å². The fourth-order valence-corrected chi connectivity index (χ4v) is 5.46. The standard InChI is InChI=1S/C25H24F6/c1-2-3-4-14-5-8-17-15(11-14)6-9-18-19(17)13-22(27)23(24(18)28)16-7-10-20(21(26)12-16)25(29,30)31/h2,7,10,12-15,17H,1,3-6,8-9,11H2. The van der Waals surface area contributed by atoms with Gasteiger partial charge in [0, 0.05) is 0 Å². The van der Waals surface area contributed by atoms with Crippen LogP contribution in [-0.4, -0.2) is 0 Å². The molecule has 6 heteroatoms. The lowest BCUT2D eigenvalue weighted by Gasteiger charge is -2.41. The monoisotopic (exact) mass is 438 g/mol. The molecule has 4 rings (SSSR count). The third-order valence-electron chi connectivity index (χ3n) is 6.95. The molecule has 2 aromatic rings. The van der Waals surface area contributed by atoms with E-state index in [1.165, 1.54) is 6.07 Å². The second kappa shape index (κ2) is 8.36. The number of fused-ring (bicyclic) bond motifs is 3. The minimum Gasteiger partial charge on any atom is -0.206 e. The lowest BCUT2D eigenvalue weighted by Crippen LogP contribution is -2.29. The summed E-state index contributed by atoms with van der Waals surface area (Å²) in [7, 11) is 0. The summed E-state index contributed by atoms with van der Waals surface area (Å²) in [5, 5.41) is 0. The van der Waals surface area contributed by atoms with Crippen molar-refractivity contribution < 1.29 is 26.3 Å². The Morgan fingerprint density at radius 3 is 2.45 bits per heavy atom. The SMILES string of the molecule is C=CCCC1CCC2c3cc(F)c(-c4ccc(C(F)(F)F)c(F)c4)c(F)c3CCC2C1. The van der Waals surface area contributed by atoms with Crippen LogP contribution in [0.5, 0.6) is 0 Å². The summed E-state index contributed by atoms with van der Waals surface area (Å²) >= 11 is 0. The van der Waals surface area contributed by atoms with Gasteiger partial charge < -0.3 is 0 Å². The zero-order chi connectivity index (χ0) is 22.3. The third kappa shape index (κ3) is 4.13. The topological polar surface area (TPSA) is 0 Å². The molecule has 0 aromatic heterocycles. The van der Waals surface area contributed by atoms with Gasteiger partial charge in [-0.1, -0.05) is 12.1 Å². The molecule has 0 radical (unpaired) electrons. The molecule has 0 bridgehead atoms. The molecule has 2 aliphatic carbocycles. The van der Waals surface area contributed by atoms with Crippen LogP contribution in [0.2, 0.25) is 0 Å². The average molecular weight is 438 g/mol. The molecule has 0 amide bonds. The second-order valence-corrected chi connectivity index (χ2v) is 8.76. The molecule has 3 unspecified atom stereocenters. The maximum absolute atomic E-state index is 15.4. The van der Waals surface area contributed by atoms with E-state index >= 15 is 4.39 Å². The van der Waals surface area contributed by atoms with E-state index < -0.39 is 34.8 Å². The van der Waals surface area contributed by atoms with Gasteiger partial charge in [0.15, 0.2) is 0 Å². The Hall–Kier alpha value is -2.24. The largest absolute Gasteiger partial charge is 0.419 e. The van der Waals surface area contributed by atoms with E-state index in [4.69, 9.17) is 0 Å². The Kier molecular flexibility index (Phi) is 5.93. The van der Waals surface area contributed by atoms with Crippen molar-refractivity contribution in [2.24, 2.45) is 11.8 Å². The zero-order valence-corrected chi connectivity index (χ0v) is 17.0. The Labute approximate surface area is 178 Å². The van der Waals surface area contributed by atoms with Gasteiger partial charge in [-0.15, -0.1) is 6.58 Å². The number of halogens is 6. The van der Waals surface area contributed by atoms with Crippen LogP contribution in [0.4, 0.5) is 26.3 Å². The van der Waals surface area contributed by atoms with E-state index in [1.807, 2.05) is 6.08 Å². The van der Waals surface area contributed by atoms with Gasteiger partial charge in [0.05, 0.1) is 11.1 Å². The molecule has 166 valence electrons. The first-order chi connectivity index (χ1) is 14.7. The summed E-state index contributed by atoms with van der Waals surface area (Å²) in [6.45, 7) is 3.77. The number of rotatable bonds is 4. The van der Waals surface area contributed by atoms with Crippen molar-refractivity contribution in [2.75, 3.05) is 0 Å². The van der Waals surface area contributed by atoms with E-state index in [1.54, 1.807) is 0 Å². The molecule has 31 heavy (non-hydrogen) atoms. The highest BCUT2D eigenvalue weighted by Crippen LogP contribution is 2.49. The lowest BCUT2D eigenvalue weighted by atomic mass is 9.64. The molecular weight excluding hydrogens is 414 g/mol. The molecule has 1 fully saturated rings. The fourth-order valence-electron chi connectivity index (χ4n) is 5.46. The number of hydrogen-bond acceptors (Lipinski definition) is 0. The first kappa shape index (κ1) is 22.0. The summed E-state index contributed by atoms with van der Waals surface area (Å²) in [5.41, 5.74) is -1.04. The minimum atomic E-state index is -4.87. The van der Waals surface area contributed by atoms with E-state index in [0.717, 1.165) is 44.6 Å². The van der Waals surface area contributed by atoms with Crippen LogP contribution in [0.3, 0.4) is 0 Å². The van der Waals surface area contributed by atoms with E-state index in [0.29, 0.717) is 41.5 Å². The summed E-state index contributed by atoms with van der Waals surface area (Å²) in [6.07, 6.45) is 3.26. The van der Waals surface area contributed by atoms with Gasteiger partial charge in [-0.05, 0) is 97.6 Å². The van der Waals surface area contributed by atoms with Crippen molar-refractivity contribution in [3.8, 4) is 11.1 Å². The maximum atomic E-state index is 15.4. The quantitative estimate of drug-likeness (QED) is 0.333. The van der Waals surface area contributed by atoms with Gasteiger partial charge in [0.1, 0.15) is 17.5 Å². The van der Waals surface area contributed by atoms with Gasteiger partial charge in [-0.3, -0.25) is 0 Å². The third-order valence-corrected chi connectivity index (χ3v) is 6.95. The van der Waals surface area contributed by atoms with Gasteiger partial charge >= 0.3 is 6.18 Å². The molecule has 0 nitrogen and oxygen atoms in total. The van der Waals surface area contributed by atoms with E-state index in [-0.39, 0.29) is 11.5 Å².